The van der Waals surface area contributed by atoms with Crippen molar-refractivity contribution >= 4 is 33.2 Å². The van der Waals surface area contributed by atoms with E-state index in [1.165, 1.54) is 30.3 Å². The molecule has 2 aliphatic rings. The highest BCUT2D eigenvalue weighted by molar-refractivity contribution is 7.20. The Labute approximate surface area is 211 Å². The summed E-state index contributed by atoms with van der Waals surface area (Å²) in [6, 6.07) is 4.77. The molecule has 1 aliphatic heterocycles. The summed E-state index contributed by atoms with van der Waals surface area (Å²) >= 11 is 1.23. The Bertz CT molecular complexity index is 1230. The molecule has 1 saturated carbocycles. The van der Waals surface area contributed by atoms with Crippen molar-refractivity contribution in [1.29, 1.82) is 0 Å². The average Bonchev–Trinajstić information content (AvgIpc) is 3.38. The number of nitrogens with zero attached hydrogens (tertiary/aromatic N) is 3. The van der Waals surface area contributed by atoms with Crippen LogP contribution in [-0.4, -0.2) is 58.3 Å². The summed E-state index contributed by atoms with van der Waals surface area (Å²) in [7, 11) is 1.87. The second-order valence-electron chi connectivity index (χ2n) is 9.98. The number of hydrogen-bond donors (Lipinski definition) is 2. The van der Waals surface area contributed by atoms with Crippen LogP contribution in [0.2, 0.25) is 0 Å². The first-order chi connectivity index (χ1) is 17.2. The minimum Gasteiger partial charge on any atom is -0.384 e. The summed E-state index contributed by atoms with van der Waals surface area (Å²) in [5.41, 5.74) is 1.41. The summed E-state index contributed by atoms with van der Waals surface area (Å²) in [6.45, 7) is 1.89. The van der Waals surface area contributed by atoms with Crippen molar-refractivity contribution in [2.24, 2.45) is 5.92 Å². The number of nitrogens with one attached hydrogen (secondary N) is 1. The topological polar surface area (TPSA) is 53.3 Å². The zero-order valence-electron chi connectivity index (χ0n) is 20.0. The second-order valence-corrected chi connectivity index (χ2v) is 11.0. The van der Waals surface area contributed by atoms with Gasteiger partial charge in [0.25, 0.3) is 0 Å². The molecule has 5 nitrogen and oxygen atoms in total. The molecule has 3 aromatic rings. The Morgan fingerprint density at radius 1 is 1.28 bits per heavy atom. The van der Waals surface area contributed by atoms with Crippen molar-refractivity contribution in [3.05, 3.63) is 52.7 Å². The van der Waals surface area contributed by atoms with E-state index in [1.54, 1.807) is 41.4 Å². The number of likely N-dealkylation sites (tertiary alicyclic amines) is 1. The average molecular weight is 523 g/mol. The van der Waals surface area contributed by atoms with Crippen LogP contribution < -0.4 is 5.32 Å². The number of piperidine rings is 1. The van der Waals surface area contributed by atoms with Gasteiger partial charge in [0.1, 0.15) is 12.3 Å². The number of rotatable bonds is 8. The molecule has 1 aliphatic carbocycles. The summed E-state index contributed by atoms with van der Waals surface area (Å²) in [5, 5.41) is 18.7. The van der Waals surface area contributed by atoms with Gasteiger partial charge < -0.3 is 15.3 Å². The van der Waals surface area contributed by atoms with Crippen LogP contribution in [0.1, 0.15) is 41.4 Å². The van der Waals surface area contributed by atoms with Gasteiger partial charge in [0.05, 0.1) is 29.0 Å². The Hall–Kier alpha value is -2.43. The minimum atomic E-state index is -4.39. The highest BCUT2D eigenvalue weighted by atomic mass is 32.1. The molecule has 3 heterocycles. The van der Waals surface area contributed by atoms with Gasteiger partial charge in [-0.15, -0.1) is 11.3 Å². The number of thiophene rings is 1. The van der Waals surface area contributed by atoms with Crippen molar-refractivity contribution in [2.75, 3.05) is 25.5 Å². The summed E-state index contributed by atoms with van der Waals surface area (Å²) in [5.74, 6) is 0.638. The van der Waals surface area contributed by atoms with Crippen LogP contribution in [0.4, 0.5) is 23.2 Å². The van der Waals surface area contributed by atoms with Crippen molar-refractivity contribution in [1.82, 2.24) is 14.7 Å². The monoisotopic (exact) mass is 522 g/mol. The molecule has 1 saturated heterocycles. The van der Waals surface area contributed by atoms with Crippen LogP contribution in [0.5, 0.6) is 0 Å². The lowest BCUT2D eigenvalue weighted by Crippen LogP contribution is -2.46. The molecule has 194 valence electrons. The predicted octanol–water partition coefficient (Wildman–Crippen LogP) is 5.81. The van der Waals surface area contributed by atoms with E-state index in [2.05, 4.69) is 10.4 Å². The Kier molecular flexibility index (Phi) is 7.11. The fourth-order valence-electron chi connectivity index (χ4n) is 4.73. The molecule has 2 N–H and O–H groups in total. The third-order valence-corrected chi connectivity index (χ3v) is 8.13. The summed E-state index contributed by atoms with van der Waals surface area (Å²) in [6.07, 6.45) is 1.92. The summed E-state index contributed by atoms with van der Waals surface area (Å²) < 4.78 is 57.6. The van der Waals surface area contributed by atoms with E-state index in [4.69, 9.17) is 0 Å². The SMILES string of the molecule is CN1CC[C@@H](Nc2cccc3c(CC(F)(F)F)c(/C=C/C(O)c4cnn(CC5CC5)c4)sc23)[C@@H](F)C1. The molecule has 1 aromatic carbocycles. The summed E-state index contributed by atoms with van der Waals surface area (Å²) in [4.78, 5) is 2.36. The van der Waals surface area contributed by atoms with E-state index in [-0.39, 0.29) is 5.56 Å². The van der Waals surface area contributed by atoms with Crippen LogP contribution in [0.3, 0.4) is 0 Å². The van der Waals surface area contributed by atoms with E-state index in [1.807, 2.05) is 11.9 Å². The van der Waals surface area contributed by atoms with Gasteiger partial charge >= 0.3 is 6.18 Å². The van der Waals surface area contributed by atoms with E-state index in [0.717, 1.165) is 13.1 Å². The van der Waals surface area contributed by atoms with Gasteiger partial charge in [-0.3, -0.25) is 4.68 Å². The van der Waals surface area contributed by atoms with E-state index in [9.17, 15) is 22.7 Å². The number of anilines is 1. The number of aliphatic hydroxyl groups is 1. The lowest BCUT2D eigenvalue weighted by atomic mass is 10.0. The van der Waals surface area contributed by atoms with E-state index < -0.39 is 30.9 Å². The van der Waals surface area contributed by atoms with Crippen LogP contribution in [0, 0.1) is 5.92 Å². The molecule has 0 bridgehead atoms. The van der Waals surface area contributed by atoms with Crippen LogP contribution in [0.15, 0.2) is 36.7 Å². The van der Waals surface area contributed by atoms with Gasteiger partial charge in [-0.1, -0.05) is 18.2 Å². The van der Waals surface area contributed by atoms with Crippen LogP contribution >= 0.6 is 11.3 Å². The highest BCUT2D eigenvalue weighted by Crippen LogP contribution is 2.41. The van der Waals surface area contributed by atoms with Gasteiger partial charge in [-0.05, 0) is 55.3 Å². The smallest absolute Gasteiger partial charge is 0.384 e. The molecular formula is C26H30F4N4OS. The van der Waals surface area contributed by atoms with Gasteiger partial charge in [0.2, 0.25) is 0 Å². The Balaban J connectivity index is 1.42. The molecule has 0 amide bonds. The van der Waals surface area contributed by atoms with Crippen molar-refractivity contribution in [2.45, 2.75) is 56.7 Å². The zero-order chi connectivity index (χ0) is 25.4. The van der Waals surface area contributed by atoms with Crippen molar-refractivity contribution in [3.63, 3.8) is 0 Å². The number of aliphatic hydroxyl groups excluding tert-OH is 1. The van der Waals surface area contributed by atoms with Gasteiger partial charge in [-0.2, -0.15) is 18.3 Å². The molecule has 36 heavy (non-hydrogen) atoms. The third kappa shape index (κ3) is 5.92. The first kappa shape index (κ1) is 25.2. The standard InChI is InChI=1S/C26H30F4N4OS/c1-33-10-9-21(20(27)15-33)32-22-4-2-3-18-19(11-26(28,29)30)24(36-25(18)22)8-7-23(35)17-12-31-34(14-17)13-16-5-6-16/h2-4,7-8,12,14,16,20-21,23,32,35H,5-6,9-11,13,15H2,1H3/b8-7+/t20-,21+,23?/m0/s1. The third-order valence-electron chi connectivity index (χ3n) is 6.88. The van der Waals surface area contributed by atoms with Gasteiger partial charge in [-0.25, -0.2) is 4.39 Å². The molecule has 10 heteroatoms. The normalized spacial score (nSPS) is 22.5. The molecule has 5 rings (SSSR count). The maximum atomic E-state index is 14.6. The maximum absolute atomic E-state index is 14.6. The van der Waals surface area contributed by atoms with E-state index in [0.29, 0.717) is 45.1 Å². The van der Waals surface area contributed by atoms with Gasteiger partial charge in [0.15, 0.2) is 0 Å². The lowest BCUT2D eigenvalue weighted by molar-refractivity contribution is -0.126. The lowest BCUT2D eigenvalue weighted by Gasteiger charge is -2.33. The molecule has 3 atom stereocenters. The van der Waals surface area contributed by atoms with Crippen LogP contribution in [-0.2, 0) is 13.0 Å². The molecule has 1 unspecified atom stereocenters. The van der Waals surface area contributed by atoms with Crippen LogP contribution in [0.25, 0.3) is 16.2 Å². The molecule has 2 aromatic heterocycles. The first-order valence-corrected chi connectivity index (χ1v) is 13.1. The fourth-order valence-corrected chi connectivity index (χ4v) is 5.94. The minimum absolute atomic E-state index is 0.166. The predicted molar refractivity (Wildman–Crippen MR) is 135 cm³/mol. The van der Waals surface area contributed by atoms with Gasteiger partial charge in [0, 0.05) is 36.3 Å². The fraction of sp³-hybridized carbons (Fsp3) is 0.500. The molecule has 0 radical (unpaired) electrons. The molecule has 2 fully saturated rings. The number of halogens is 4. The quantitative estimate of drug-likeness (QED) is 0.367. The van der Waals surface area contributed by atoms with Crippen molar-refractivity contribution in [3.8, 4) is 0 Å². The number of benzene rings is 1. The number of hydrogen-bond acceptors (Lipinski definition) is 5. The largest absolute Gasteiger partial charge is 0.393 e. The highest BCUT2D eigenvalue weighted by Gasteiger charge is 2.32. The number of alkyl halides is 4. The van der Waals surface area contributed by atoms with Crippen molar-refractivity contribution < 1.29 is 22.7 Å². The Morgan fingerprint density at radius 3 is 2.81 bits per heavy atom. The maximum Gasteiger partial charge on any atom is 0.393 e. The Morgan fingerprint density at radius 2 is 2.08 bits per heavy atom. The van der Waals surface area contributed by atoms with E-state index >= 15 is 0 Å². The number of fused-ring (bicyclic) bond motifs is 1. The zero-order valence-corrected chi connectivity index (χ0v) is 20.8. The number of aromatic nitrogens is 2. The first-order valence-electron chi connectivity index (χ1n) is 12.2. The molecule has 0 spiro atoms. The molecular weight excluding hydrogens is 492 g/mol. The second kappa shape index (κ2) is 10.1.